The molecule has 0 aliphatic heterocycles. The molecule has 2 aromatic heterocycles. The number of nitrogens with one attached hydrogen (secondary N) is 1. The highest BCUT2D eigenvalue weighted by Gasteiger charge is 2.18. The Kier molecular flexibility index (Phi) is 4.48. The number of thiophene rings is 1. The molecule has 0 fully saturated rings. The van der Waals surface area contributed by atoms with Gasteiger partial charge in [-0.25, -0.2) is 0 Å². The predicted octanol–water partition coefficient (Wildman–Crippen LogP) is 2.30. The summed E-state index contributed by atoms with van der Waals surface area (Å²) in [6.07, 6.45) is 3.64. The molecule has 0 atom stereocenters. The van der Waals surface area contributed by atoms with Gasteiger partial charge in [-0.3, -0.25) is 4.68 Å². The molecule has 0 aliphatic rings. The van der Waals surface area contributed by atoms with Crippen LogP contribution in [0.1, 0.15) is 18.7 Å². The molecule has 0 unspecified atom stereocenters. The number of nitrogens with two attached hydrogens (primary N) is 1. The Morgan fingerprint density at radius 2 is 2.40 bits per heavy atom. The van der Waals surface area contributed by atoms with Crippen molar-refractivity contribution < 1.29 is 4.74 Å². The number of hydrogen-bond donors (Lipinski definition) is 2. The first kappa shape index (κ1) is 14.2. The highest BCUT2D eigenvalue weighted by atomic mass is 32.1. The van der Waals surface area contributed by atoms with Crippen molar-refractivity contribution in [2.45, 2.75) is 26.5 Å². The Bertz CT molecular complexity index is 597. The average molecular weight is 291 g/mol. The van der Waals surface area contributed by atoms with Gasteiger partial charge in [-0.1, -0.05) is 0 Å². The van der Waals surface area contributed by atoms with E-state index >= 15 is 0 Å². The Balaban J connectivity index is 2.07. The third-order valence-electron chi connectivity index (χ3n) is 2.54. The summed E-state index contributed by atoms with van der Waals surface area (Å²) in [5.74, 6) is 0.571. The van der Waals surface area contributed by atoms with Crippen molar-refractivity contribution >= 4 is 22.0 Å². The van der Waals surface area contributed by atoms with Gasteiger partial charge in [-0.05, 0) is 19.9 Å². The van der Waals surface area contributed by atoms with Crippen LogP contribution in [-0.2, 0) is 6.54 Å². The number of ether oxygens (including phenoxy) is 1. The van der Waals surface area contributed by atoms with E-state index in [-0.39, 0.29) is 6.10 Å². The van der Waals surface area contributed by atoms with Crippen LogP contribution in [0.4, 0.5) is 10.7 Å². The standard InChI is InChI=1S/C13H17N5OS/c1-9(2)19-12-11(15)10(8-14)20-13(12)16-5-7-18-6-3-4-17-18/h3-4,6,9,16H,5,7,15H2,1-2H3. The lowest BCUT2D eigenvalue weighted by atomic mass is 10.3. The minimum atomic E-state index is 0.00473. The summed E-state index contributed by atoms with van der Waals surface area (Å²) >= 11 is 1.31. The van der Waals surface area contributed by atoms with Gasteiger partial charge in [0, 0.05) is 18.9 Å². The monoisotopic (exact) mass is 291 g/mol. The van der Waals surface area contributed by atoms with Crippen LogP contribution in [0.15, 0.2) is 18.5 Å². The largest absolute Gasteiger partial charge is 0.486 e. The zero-order valence-electron chi connectivity index (χ0n) is 11.5. The van der Waals surface area contributed by atoms with Crippen LogP contribution in [-0.4, -0.2) is 22.4 Å². The molecule has 6 nitrogen and oxygen atoms in total. The summed E-state index contributed by atoms with van der Waals surface area (Å²) in [5, 5.41) is 17.2. The minimum Gasteiger partial charge on any atom is -0.486 e. The lowest BCUT2D eigenvalue weighted by Crippen LogP contribution is -2.12. The highest BCUT2D eigenvalue weighted by molar-refractivity contribution is 7.17. The van der Waals surface area contributed by atoms with Crippen LogP contribution in [0.25, 0.3) is 0 Å². The second-order valence-corrected chi connectivity index (χ2v) is 5.50. The quantitative estimate of drug-likeness (QED) is 0.852. The van der Waals surface area contributed by atoms with Gasteiger partial charge in [-0.2, -0.15) is 10.4 Å². The Morgan fingerprint density at radius 1 is 1.60 bits per heavy atom. The molecule has 0 spiro atoms. The SMILES string of the molecule is CC(C)Oc1c(NCCn2cccn2)sc(C#N)c1N. The molecule has 2 rings (SSSR count). The number of nitrogen functional groups attached to an aromatic ring is 1. The summed E-state index contributed by atoms with van der Waals surface area (Å²) < 4.78 is 7.53. The van der Waals surface area contributed by atoms with Gasteiger partial charge in [-0.15, -0.1) is 11.3 Å². The van der Waals surface area contributed by atoms with Gasteiger partial charge >= 0.3 is 0 Å². The highest BCUT2D eigenvalue weighted by Crippen LogP contribution is 2.42. The zero-order valence-corrected chi connectivity index (χ0v) is 12.3. The first-order valence-corrected chi connectivity index (χ1v) is 7.13. The van der Waals surface area contributed by atoms with E-state index in [0.717, 1.165) is 11.5 Å². The summed E-state index contributed by atoms with van der Waals surface area (Å²) in [6, 6.07) is 3.97. The van der Waals surface area contributed by atoms with Crippen molar-refractivity contribution in [3.05, 3.63) is 23.3 Å². The molecule has 2 heterocycles. The number of hydrogen-bond acceptors (Lipinski definition) is 6. The van der Waals surface area contributed by atoms with Crippen molar-refractivity contribution in [3.63, 3.8) is 0 Å². The van der Waals surface area contributed by atoms with Crippen LogP contribution in [0.3, 0.4) is 0 Å². The fourth-order valence-corrected chi connectivity index (χ4v) is 2.58. The second-order valence-electron chi connectivity index (χ2n) is 4.48. The molecule has 0 saturated heterocycles. The van der Waals surface area contributed by atoms with E-state index in [2.05, 4.69) is 16.5 Å². The van der Waals surface area contributed by atoms with Gasteiger partial charge in [0.2, 0.25) is 0 Å². The third-order valence-corrected chi connectivity index (χ3v) is 3.59. The van der Waals surface area contributed by atoms with E-state index < -0.39 is 0 Å². The first-order chi connectivity index (χ1) is 9.61. The van der Waals surface area contributed by atoms with Gasteiger partial charge in [0.05, 0.1) is 12.6 Å². The molecule has 2 aromatic rings. The Morgan fingerprint density at radius 3 is 3.00 bits per heavy atom. The smallest absolute Gasteiger partial charge is 0.178 e. The molecule has 20 heavy (non-hydrogen) atoms. The number of nitrogens with zero attached hydrogens (tertiary/aromatic N) is 3. The second kappa shape index (κ2) is 6.30. The molecule has 0 radical (unpaired) electrons. The van der Waals surface area contributed by atoms with E-state index in [9.17, 15) is 0 Å². The molecule has 3 N–H and O–H groups in total. The van der Waals surface area contributed by atoms with Crippen LogP contribution in [0, 0.1) is 11.3 Å². The van der Waals surface area contributed by atoms with Crippen LogP contribution in [0.2, 0.25) is 0 Å². The number of rotatable bonds is 6. The Hall–Kier alpha value is -2.20. The maximum absolute atomic E-state index is 9.05. The summed E-state index contributed by atoms with van der Waals surface area (Å²) in [7, 11) is 0. The maximum Gasteiger partial charge on any atom is 0.178 e. The molecule has 106 valence electrons. The molecular weight excluding hydrogens is 274 g/mol. The van der Waals surface area contributed by atoms with Gasteiger partial charge in [0.25, 0.3) is 0 Å². The van der Waals surface area contributed by atoms with E-state index in [1.54, 1.807) is 6.20 Å². The van der Waals surface area contributed by atoms with Crippen molar-refractivity contribution in [2.75, 3.05) is 17.6 Å². The van der Waals surface area contributed by atoms with Crippen LogP contribution >= 0.6 is 11.3 Å². The van der Waals surface area contributed by atoms with E-state index in [4.69, 9.17) is 15.7 Å². The maximum atomic E-state index is 9.05. The topological polar surface area (TPSA) is 88.9 Å². The molecular formula is C13H17N5OS. The van der Waals surface area contributed by atoms with E-state index in [1.165, 1.54) is 11.3 Å². The van der Waals surface area contributed by atoms with Crippen LogP contribution in [0.5, 0.6) is 5.75 Å². The molecule has 0 amide bonds. The Labute approximate surface area is 121 Å². The van der Waals surface area contributed by atoms with Gasteiger partial charge in [0.1, 0.15) is 21.6 Å². The molecule has 7 heteroatoms. The predicted molar refractivity (Wildman–Crippen MR) is 79.9 cm³/mol. The summed E-state index contributed by atoms with van der Waals surface area (Å²) in [6.45, 7) is 5.27. The number of anilines is 2. The fraction of sp³-hybridized carbons (Fsp3) is 0.385. The van der Waals surface area contributed by atoms with Crippen molar-refractivity contribution in [1.29, 1.82) is 5.26 Å². The molecule has 0 saturated carbocycles. The molecule has 0 aliphatic carbocycles. The van der Waals surface area contributed by atoms with Crippen molar-refractivity contribution in [1.82, 2.24) is 9.78 Å². The third kappa shape index (κ3) is 3.22. The fourth-order valence-electron chi connectivity index (χ4n) is 1.70. The average Bonchev–Trinajstić information content (AvgIpc) is 3.01. The molecule has 0 aromatic carbocycles. The lowest BCUT2D eigenvalue weighted by molar-refractivity contribution is 0.246. The lowest BCUT2D eigenvalue weighted by Gasteiger charge is -2.12. The first-order valence-electron chi connectivity index (χ1n) is 6.32. The molecule has 0 bridgehead atoms. The van der Waals surface area contributed by atoms with E-state index in [0.29, 0.717) is 22.9 Å². The minimum absolute atomic E-state index is 0.00473. The van der Waals surface area contributed by atoms with Crippen molar-refractivity contribution in [3.8, 4) is 11.8 Å². The number of nitriles is 1. The van der Waals surface area contributed by atoms with Crippen LogP contribution < -0.4 is 15.8 Å². The zero-order chi connectivity index (χ0) is 14.5. The van der Waals surface area contributed by atoms with Gasteiger partial charge < -0.3 is 15.8 Å². The number of aromatic nitrogens is 2. The normalized spacial score (nSPS) is 10.5. The van der Waals surface area contributed by atoms with Gasteiger partial charge in [0.15, 0.2) is 5.75 Å². The summed E-state index contributed by atoms with van der Waals surface area (Å²) in [5.41, 5.74) is 6.34. The van der Waals surface area contributed by atoms with Crippen molar-refractivity contribution in [2.24, 2.45) is 0 Å². The van der Waals surface area contributed by atoms with E-state index in [1.807, 2.05) is 30.8 Å². The summed E-state index contributed by atoms with van der Waals surface area (Å²) in [4.78, 5) is 0.474.